The molecule has 19 heavy (non-hydrogen) atoms. The molecule has 6 nitrogen and oxygen atoms in total. The number of nitrogens with two attached hydrogens (primary N) is 1. The van der Waals surface area contributed by atoms with Gasteiger partial charge in [0.2, 0.25) is 11.0 Å². The van der Waals surface area contributed by atoms with Crippen molar-refractivity contribution in [2.45, 2.75) is 19.4 Å². The molecule has 0 unspecified atom stereocenters. The molecule has 0 aliphatic rings. The fourth-order valence-corrected chi connectivity index (χ4v) is 2.10. The highest BCUT2D eigenvalue weighted by molar-refractivity contribution is 7.09. The second-order valence-electron chi connectivity index (χ2n) is 4.11. The Labute approximate surface area is 114 Å². The molecule has 2 rings (SSSR count). The van der Waals surface area contributed by atoms with Crippen molar-refractivity contribution in [1.82, 2.24) is 9.36 Å². The molecule has 0 saturated carbocycles. The van der Waals surface area contributed by atoms with Crippen LogP contribution in [0.25, 0.3) is 0 Å². The van der Waals surface area contributed by atoms with Crippen LogP contribution in [0.5, 0.6) is 5.75 Å². The Morgan fingerprint density at radius 1 is 1.47 bits per heavy atom. The molecule has 0 fully saturated rings. The summed E-state index contributed by atoms with van der Waals surface area (Å²) in [5, 5.41) is 12.2. The molecule has 7 heteroatoms. The standard InChI is InChI=1S/C12H14N4O2S/c1-7-14-12(19-16-7)15-11(18)10(13)6-8-2-4-9(17)5-3-8/h2-5,10,17H,6,13H2,1H3,(H,14,15,16,18)/t10-/m1/s1. The van der Waals surface area contributed by atoms with Crippen molar-refractivity contribution in [3.63, 3.8) is 0 Å². The number of amides is 1. The molecule has 0 aliphatic carbocycles. The molecular formula is C12H14N4O2S. The van der Waals surface area contributed by atoms with E-state index in [0.717, 1.165) is 17.1 Å². The summed E-state index contributed by atoms with van der Waals surface area (Å²) in [5.74, 6) is 0.503. The normalized spacial score (nSPS) is 12.1. The van der Waals surface area contributed by atoms with Crippen molar-refractivity contribution < 1.29 is 9.90 Å². The number of rotatable bonds is 4. The van der Waals surface area contributed by atoms with Crippen molar-refractivity contribution >= 4 is 22.6 Å². The molecule has 1 aromatic carbocycles. The minimum Gasteiger partial charge on any atom is -0.508 e. The average Bonchev–Trinajstić information content (AvgIpc) is 2.77. The molecule has 1 amide bonds. The first-order valence-electron chi connectivity index (χ1n) is 5.69. The minimum atomic E-state index is -0.672. The number of carbonyl (C=O) groups excluding carboxylic acids is 1. The molecule has 1 heterocycles. The summed E-state index contributed by atoms with van der Waals surface area (Å²) in [6.45, 7) is 1.75. The molecule has 0 aliphatic heterocycles. The summed E-state index contributed by atoms with van der Waals surface area (Å²) < 4.78 is 3.97. The number of phenols is 1. The van der Waals surface area contributed by atoms with Crippen LogP contribution < -0.4 is 11.1 Å². The van der Waals surface area contributed by atoms with Gasteiger partial charge in [-0.2, -0.15) is 4.37 Å². The van der Waals surface area contributed by atoms with Crippen LogP contribution >= 0.6 is 11.5 Å². The van der Waals surface area contributed by atoms with Gasteiger partial charge in [-0.25, -0.2) is 4.98 Å². The van der Waals surface area contributed by atoms with Gasteiger partial charge in [0.15, 0.2) is 0 Å². The van der Waals surface area contributed by atoms with E-state index in [9.17, 15) is 9.90 Å². The van der Waals surface area contributed by atoms with E-state index in [1.807, 2.05) is 0 Å². The van der Waals surface area contributed by atoms with E-state index in [1.165, 1.54) is 0 Å². The zero-order chi connectivity index (χ0) is 13.8. The third-order valence-corrected chi connectivity index (χ3v) is 3.21. The fourth-order valence-electron chi connectivity index (χ4n) is 1.52. The summed E-state index contributed by atoms with van der Waals surface area (Å²) in [6, 6.07) is 5.92. The maximum Gasteiger partial charge on any atom is 0.243 e. The molecule has 1 aromatic heterocycles. The van der Waals surface area contributed by atoms with Crippen LogP contribution in [-0.4, -0.2) is 26.4 Å². The van der Waals surface area contributed by atoms with Crippen LogP contribution in [0.1, 0.15) is 11.4 Å². The fraction of sp³-hybridized carbons (Fsp3) is 0.250. The lowest BCUT2D eigenvalue weighted by molar-refractivity contribution is -0.117. The van der Waals surface area contributed by atoms with Crippen LogP contribution in [0.15, 0.2) is 24.3 Å². The van der Waals surface area contributed by atoms with E-state index < -0.39 is 6.04 Å². The maximum absolute atomic E-state index is 11.8. The highest BCUT2D eigenvalue weighted by Crippen LogP contribution is 2.13. The van der Waals surface area contributed by atoms with Crippen molar-refractivity contribution in [2.75, 3.05) is 5.32 Å². The third-order valence-electron chi connectivity index (χ3n) is 2.49. The van der Waals surface area contributed by atoms with Gasteiger partial charge >= 0.3 is 0 Å². The number of phenolic OH excluding ortho intramolecular Hbond substituents is 1. The molecule has 0 saturated heterocycles. The number of nitrogens with zero attached hydrogens (tertiary/aromatic N) is 2. The van der Waals surface area contributed by atoms with E-state index >= 15 is 0 Å². The predicted molar refractivity (Wildman–Crippen MR) is 73.1 cm³/mol. The van der Waals surface area contributed by atoms with Gasteiger partial charge in [0, 0.05) is 11.5 Å². The van der Waals surface area contributed by atoms with Crippen molar-refractivity contribution in [3.05, 3.63) is 35.7 Å². The smallest absolute Gasteiger partial charge is 0.243 e. The molecule has 2 aromatic rings. The third kappa shape index (κ3) is 3.73. The quantitative estimate of drug-likeness (QED) is 0.776. The van der Waals surface area contributed by atoms with Crippen molar-refractivity contribution in [1.29, 1.82) is 0 Å². The summed E-state index contributed by atoms with van der Waals surface area (Å²) in [4.78, 5) is 15.9. The number of hydrogen-bond donors (Lipinski definition) is 3. The van der Waals surface area contributed by atoms with Crippen molar-refractivity contribution in [2.24, 2.45) is 5.73 Å². The zero-order valence-corrected chi connectivity index (χ0v) is 11.1. The van der Waals surface area contributed by atoms with E-state index in [0.29, 0.717) is 17.4 Å². The molecule has 0 bridgehead atoms. The van der Waals surface area contributed by atoms with Gasteiger partial charge in [0.25, 0.3) is 0 Å². The largest absolute Gasteiger partial charge is 0.508 e. The van der Waals surface area contributed by atoms with Crippen LogP contribution in [0.2, 0.25) is 0 Å². The Balaban J connectivity index is 1.94. The minimum absolute atomic E-state index is 0.186. The molecule has 0 radical (unpaired) electrons. The Morgan fingerprint density at radius 3 is 2.74 bits per heavy atom. The lowest BCUT2D eigenvalue weighted by Crippen LogP contribution is -2.37. The molecular weight excluding hydrogens is 264 g/mol. The van der Waals surface area contributed by atoms with Crippen LogP contribution in [0, 0.1) is 6.92 Å². The number of aromatic hydroxyl groups is 1. The van der Waals surface area contributed by atoms with E-state index in [-0.39, 0.29) is 11.7 Å². The molecule has 1 atom stereocenters. The molecule has 0 spiro atoms. The SMILES string of the molecule is Cc1nsc(NC(=O)[C@H](N)Cc2ccc(O)cc2)n1. The Morgan fingerprint density at radius 2 is 2.16 bits per heavy atom. The number of nitrogens with one attached hydrogen (secondary N) is 1. The van der Waals surface area contributed by atoms with Crippen LogP contribution in [0.4, 0.5) is 5.13 Å². The number of anilines is 1. The van der Waals surface area contributed by atoms with Gasteiger partial charge in [-0.05, 0) is 31.0 Å². The number of carbonyl (C=O) groups is 1. The van der Waals surface area contributed by atoms with Gasteiger partial charge in [0.05, 0.1) is 6.04 Å². The van der Waals surface area contributed by atoms with Gasteiger partial charge < -0.3 is 10.8 Å². The number of aromatic nitrogens is 2. The first-order chi connectivity index (χ1) is 9.04. The van der Waals surface area contributed by atoms with E-state index in [2.05, 4.69) is 14.7 Å². The van der Waals surface area contributed by atoms with Crippen LogP contribution in [0.3, 0.4) is 0 Å². The van der Waals surface area contributed by atoms with E-state index in [4.69, 9.17) is 5.73 Å². The van der Waals surface area contributed by atoms with Crippen LogP contribution in [-0.2, 0) is 11.2 Å². The van der Waals surface area contributed by atoms with Gasteiger partial charge in [-0.15, -0.1) is 0 Å². The summed E-state index contributed by atoms with van der Waals surface area (Å²) in [7, 11) is 0. The predicted octanol–water partition coefficient (Wildman–Crippen LogP) is 1.06. The summed E-state index contributed by atoms with van der Waals surface area (Å²) in [5.41, 5.74) is 6.71. The Kier molecular flexibility index (Phi) is 4.08. The monoisotopic (exact) mass is 278 g/mol. The lowest BCUT2D eigenvalue weighted by Gasteiger charge is -2.10. The average molecular weight is 278 g/mol. The first kappa shape index (κ1) is 13.4. The Hall–Kier alpha value is -1.99. The van der Waals surface area contributed by atoms with Gasteiger partial charge in [-0.3, -0.25) is 10.1 Å². The maximum atomic E-state index is 11.8. The van der Waals surface area contributed by atoms with Gasteiger partial charge in [0.1, 0.15) is 11.6 Å². The van der Waals surface area contributed by atoms with Crippen molar-refractivity contribution in [3.8, 4) is 5.75 Å². The summed E-state index contributed by atoms with van der Waals surface area (Å²) >= 11 is 1.12. The Bertz CT molecular complexity index is 567. The molecule has 100 valence electrons. The van der Waals surface area contributed by atoms with Gasteiger partial charge in [-0.1, -0.05) is 12.1 Å². The highest BCUT2D eigenvalue weighted by Gasteiger charge is 2.15. The second-order valence-corrected chi connectivity index (χ2v) is 4.86. The number of aryl methyl sites for hydroxylation is 1. The molecule has 4 N–H and O–H groups in total. The number of benzene rings is 1. The topological polar surface area (TPSA) is 101 Å². The highest BCUT2D eigenvalue weighted by atomic mass is 32.1. The number of hydrogen-bond acceptors (Lipinski definition) is 6. The second kappa shape index (κ2) is 5.77. The zero-order valence-electron chi connectivity index (χ0n) is 10.3. The summed E-state index contributed by atoms with van der Waals surface area (Å²) in [6.07, 6.45) is 0.393. The first-order valence-corrected chi connectivity index (χ1v) is 6.46. The lowest BCUT2D eigenvalue weighted by atomic mass is 10.1. The van der Waals surface area contributed by atoms with E-state index in [1.54, 1.807) is 31.2 Å².